The first kappa shape index (κ1) is 20.6. The summed E-state index contributed by atoms with van der Waals surface area (Å²) in [6, 6.07) is 2.65. The van der Waals surface area contributed by atoms with Gasteiger partial charge in [0.2, 0.25) is 0 Å². The second kappa shape index (κ2) is 7.16. The van der Waals surface area contributed by atoms with Gasteiger partial charge in [0.05, 0.1) is 15.2 Å². The topological polar surface area (TPSA) is 202 Å². The SMILES string of the molecule is O=S(O)Oc1cc(S(=O)(=O)O)cc2cc(S(=O)(=O)O)cc(OS(=O)O)c12. The van der Waals surface area contributed by atoms with Crippen LogP contribution in [0, 0.1) is 0 Å². The lowest BCUT2D eigenvalue weighted by Gasteiger charge is -2.12. The van der Waals surface area contributed by atoms with Crippen molar-refractivity contribution >= 4 is 53.7 Å². The maximum atomic E-state index is 11.3. The Hall–Kier alpha value is -1.66. The first-order chi connectivity index (χ1) is 11.8. The summed E-state index contributed by atoms with van der Waals surface area (Å²) in [5.41, 5.74) is 0. The number of rotatable bonds is 6. The van der Waals surface area contributed by atoms with Crippen molar-refractivity contribution in [1.82, 2.24) is 0 Å². The van der Waals surface area contributed by atoms with Crippen molar-refractivity contribution in [1.29, 1.82) is 0 Å². The fourth-order valence-corrected chi connectivity index (χ4v) is 3.60. The molecule has 2 aromatic rings. The fourth-order valence-electron chi connectivity index (χ4n) is 1.97. The molecule has 12 nitrogen and oxygen atoms in total. The van der Waals surface area contributed by atoms with E-state index >= 15 is 0 Å². The Morgan fingerprint density at radius 3 is 1.35 bits per heavy atom. The smallest absolute Gasteiger partial charge is 0.357 e. The van der Waals surface area contributed by atoms with Gasteiger partial charge in [-0.15, -0.1) is 0 Å². The van der Waals surface area contributed by atoms with Gasteiger partial charge < -0.3 is 8.37 Å². The largest absolute Gasteiger partial charge is 0.379 e. The summed E-state index contributed by atoms with van der Waals surface area (Å²) >= 11 is -5.98. The Kier molecular flexibility index (Phi) is 5.69. The summed E-state index contributed by atoms with van der Waals surface area (Å²) in [6.07, 6.45) is 0. The van der Waals surface area contributed by atoms with Crippen LogP contribution >= 0.6 is 0 Å². The summed E-state index contributed by atoms with van der Waals surface area (Å²) < 4.78 is 112. The molecule has 0 bridgehead atoms. The highest BCUT2D eigenvalue weighted by Gasteiger charge is 2.23. The van der Waals surface area contributed by atoms with E-state index in [1.165, 1.54) is 0 Å². The first-order valence-corrected chi connectivity index (χ1v) is 10.9. The zero-order valence-electron chi connectivity index (χ0n) is 12.0. The maximum absolute atomic E-state index is 11.3. The molecule has 0 aromatic heterocycles. The predicted octanol–water partition coefficient (Wildman–Crippen LogP) is 0.364. The molecule has 2 aromatic carbocycles. The van der Waals surface area contributed by atoms with E-state index < -0.39 is 64.2 Å². The monoisotopic (exact) mass is 448 g/mol. The molecule has 0 radical (unpaired) electrons. The third kappa shape index (κ3) is 4.74. The van der Waals surface area contributed by atoms with E-state index in [-0.39, 0.29) is 10.8 Å². The molecule has 0 amide bonds. The molecule has 0 aliphatic rings. The van der Waals surface area contributed by atoms with E-state index in [0.717, 1.165) is 12.1 Å². The minimum Gasteiger partial charge on any atom is -0.379 e. The minimum atomic E-state index is -4.86. The quantitative estimate of drug-likeness (QED) is 0.349. The van der Waals surface area contributed by atoms with Crippen LogP contribution in [0.2, 0.25) is 0 Å². The molecule has 4 N–H and O–H groups in total. The Bertz CT molecular complexity index is 1050. The lowest BCUT2D eigenvalue weighted by Crippen LogP contribution is -2.06. The van der Waals surface area contributed by atoms with Gasteiger partial charge in [-0.25, -0.2) is 0 Å². The summed E-state index contributed by atoms with van der Waals surface area (Å²) in [5.74, 6) is -1.39. The molecule has 2 rings (SSSR count). The summed E-state index contributed by atoms with van der Waals surface area (Å²) in [4.78, 5) is -1.71. The van der Waals surface area contributed by atoms with E-state index in [1.807, 2.05) is 0 Å². The van der Waals surface area contributed by atoms with Gasteiger partial charge in [-0.3, -0.25) is 18.2 Å². The molecular formula is C10H8O12S4. The van der Waals surface area contributed by atoms with Crippen molar-refractivity contribution in [3.63, 3.8) is 0 Å². The van der Waals surface area contributed by atoms with Crippen LogP contribution in [-0.2, 0) is 43.0 Å². The molecule has 144 valence electrons. The van der Waals surface area contributed by atoms with Gasteiger partial charge in [0.15, 0.2) is 11.5 Å². The van der Waals surface area contributed by atoms with Crippen LogP contribution in [0.3, 0.4) is 0 Å². The van der Waals surface area contributed by atoms with Crippen molar-refractivity contribution in [2.24, 2.45) is 0 Å². The molecule has 16 heteroatoms. The van der Waals surface area contributed by atoms with Crippen LogP contribution in [0.15, 0.2) is 34.1 Å². The Labute approximate surface area is 151 Å². The molecule has 0 spiro atoms. The van der Waals surface area contributed by atoms with E-state index in [2.05, 4.69) is 8.37 Å². The van der Waals surface area contributed by atoms with Crippen molar-refractivity contribution in [3.05, 3.63) is 24.3 Å². The van der Waals surface area contributed by atoms with Gasteiger partial charge in [0.1, 0.15) is 0 Å². The molecular weight excluding hydrogens is 440 g/mol. The van der Waals surface area contributed by atoms with Crippen molar-refractivity contribution < 1.29 is 51.8 Å². The van der Waals surface area contributed by atoms with E-state index in [9.17, 15) is 25.3 Å². The van der Waals surface area contributed by atoms with Crippen molar-refractivity contribution in [2.45, 2.75) is 9.79 Å². The highest BCUT2D eigenvalue weighted by molar-refractivity contribution is 7.86. The number of hydrogen-bond acceptors (Lipinski definition) is 8. The highest BCUT2D eigenvalue weighted by Crippen LogP contribution is 2.39. The molecule has 0 saturated carbocycles. The van der Waals surface area contributed by atoms with Gasteiger partial charge in [0.25, 0.3) is 20.2 Å². The van der Waals surface area contributed by atoms with E-state index in [1.54, 1.807) is 0 Å². The van der Waals surface area contributed by atoms with Gasteiger partial charge in [-0.2, -0.15) is 25.3 Å². The van der Waals surface area contributed by atoms with Crippen molar-refractivity contribution in [3.8, 4) is 11.5 Å². The van der Waals surface area contributed by atoms with Gasteiger partial charge in [0, 0.05) is 12.1 Å². The van der Waals surface area contributed by atoms with Crippen LogP contribution < -0.4 is 8.37 Å². The molecule has 0 aliphatic carbocycles. The number of benzene rings is 2. The lowest BCUT2D eigenvalue weighted by atomic mass is 10.1. The Morgan fingerprint density at radius 2 is 1.08 bits per heavy atom. The molecule has 0 aliphatic heterocycles. The van der Waals surface area contributed by atoms with Crippen molar-refractivity contribution in [2.75, 3.05) is 0 Å². The second-order valence-electron chi connectivity index (χ2n) is 4.49. The first-order valence-electron chi connectivity index (χ1n) is 5.94. The number of fused-ring (bicyclic) bond motifs is 1. The van der Waals surface area contributed by atoms with Crippen LogP contribution in [0.5, 0.6) is 11.5 Å². The van der Waals surface area contributed by atoms with Crippen LogP contribution in [0.1, 0.15) is 0 Å². The molecule has 2 unspecified atom stereocenters. The van der Waals surface area contributed by atoms with E-state index in [0.29, 0.717) is 12.1 Å². The molecule has 2 atom stereocenters. The zero-order chi connectivity index (χ0) is 19.9. The summed E-state index contributed by atoms with van der Waals surface area (Å²) in [6.45, 7) is 0. The maximum Gasteiger partial charge on any atom is 0.357 e. The minimum absolute atomic E-state index is 0.379. The average Bonchev–Trinajstić information content (AvgIpc) is 2.43. The van der Waals surface area contributed by atoms with Gasteiger partial charge >= 0.3 is 22.7 Å². The normalized spacial score (nSPS) is 14.8. The molecule has 0 heterocycles. The summed E-state index contributed by atoms with van der Waals surface area (Å²) in [5, 5.41) is -0.759. The highest BCUT2D eigenvalue weighted by atomic mass is 32.2. The predicted molar refractivity (Wildman–Crippen MR) is 86.4 cm³/mol. The average molecular weight is 448 g/mol. The van der Waals surface area contributed by atoms with Crippen LogP contribution in [-0.4, -0.2) is 43.5 Å². The molecule has 26 heavy (non-hydrogen) atoms. The third-order valence-electron chi connectivity index (χ3n) is 2.84. The Morgan fingerprint density at radius 1 is 0.731 bits per heavy atom. The standard InChI is InChI=1S/C10H8O12S4/c11-23(12)21-8-3-6(25(15,16)17)1-5-2-7(26(18,19)20)4-9(10(5)8)22-24(13)14/h1-4H,(H,11,12)(H,13,14)(H,15,16,17)(H,18,19,20). The second-order valence-corrected chi connectivity index (χ2v) is 8.54. The van der Waals surface area contributed by atoms with Gasteiger partial charge in [-0.1, -0.05) is 0 Å². The fraction of sp³-hybridized carbons (Fsp3) is 0. The van der Waals surface area contributed by atoms with Crippen LogP contribution in [0.4, 0.5) is 0 Å². The Balaban J connectivity index is 3.01. The van der Waals surface area contributed by atoms with Gasteiger partial charge in [-0.05, 0) is 17.5 Å². The zero-order valence-corrected chi connectivity index (χ0v) is 15.3. The molecule has 0 fully saturated rings. The van der Waals surface area contributed by atoms with Crippen LogP contribution in [0.25, 0.3) is 10.8 Å². The number of hydrogen-bond donors (Lipinski definition) is 4. The van der Waals surface area contributed by atoms with E-state index in [4.69, 9.17) is 18.2 Å². The summed E-state index contributed by atoms with van der Waals surface area (Å²) in [7, 11) is -9.72. The third-order valence-corrected chi connectivity index (χ3v) is 5.15. The molecule has 0 saturated heterocycles. The lowest BCUT2D eigenvalue weighted by molar-refractivity contribution is 0.451.